The second kappa shape index (κ2) is 4.88. The second-order valence-electron chi connectivity index (χ2n) is 6.43. The van der Waals surface area contributed by atoms with Gasteiger partial charge in [0.05, 0.1) is 11.7 Å². The first-order valence-corrected chi connectivity index (χ1v) is 7.54. The maximum absolute atomic E-state index is 11.8. The van der Waals surface area contributed by atoms with Gasteiger partial charge in [0.1, 0.15) is 5.54 Å². The Hall–Kier alpha value is -1.36. The largest absolute Gasteiger partial charge is 0.480 e. The SMILES string of the molecule is Cc1cc(C)n(C2CCCC(NC3CC3)(C(=O)O)C2)n1. The van der Waals surface area contributed by atoms with E-state index in [9.17, 15) is 9.90 Å². The minimum absolute atomic E-state index is 0.194. The molecule has 110 valence electrons. The predicted octanol–water partition coefficient (Wildman–Crippen LogP) is 2.19. The third-order valence-corrected chi connectivity index (χ3v) is 4.58. The molecule has 1 heterocycles. The molecule has 2 unspecified atom stereocenters. The van der Waals surface area contributed by atoms with Crippen molar-refractivity contribution >= 4 is 5.97 Å². The Kier molecular flexibility index (Phi) is 3.32. The predicted molar refractivity (Wildman–Crippen MR) is 75.7 cm³/mol. The van der Waals surface area contributed by atoms with Crippen LogP contribution in [0.15, 0.2) is 6.07 Å². The highest BCUT2D eigenvalue weighted by molar-refractivity contribution is 5.79. The number of carboxylic acid groups (broad SMARTS) is 1. The highest BCUT2D eigenvalue weighted by Gasteiger charge is 2.46. The van der Waals surface area contributed by atoms with E-state index >= 15 is 0 Å². The van der Waals surface area contributed by atoms with Crippen molar-refractivity contribution in [2.75, 3.05) is 0 Å². The molecule has 5 heteroatoms. The average molecular weight is 277 g/mol. The van der Waals surface area contributed by atoms with Crippen LogP contribution in [0.1, 0.15) is 56.0 Å². The Morgan fingerprint density at radius 1 is 1.45 bits per heavy atom. The molecule has 2 atom stereocenters. The molecule has 0 amide bonds. The van der Waals surface area contributed by atoms with E-state index in [4.69, 9.17) is 0 Å². The first-order chi connectivity index (χ1) is 9.50. The standard InChI is InChI=1S/C15H23N3O2/c1-10-8-11(2)18(17-10)13-4-3-7-15(9-13,14(19)20)16-12-5-6-12/h8,12-13,16H,3-7,9H2,1-2H3,(H,19,20). The lowest BCUT2D eigenvalue weighted by Crippen LogP contribution is -2.56. The molecule has 0 radical (unpaired) electrons. The van der Waals surface area contributed by atoms with Gasteiger partial charge in [-0.1, -0.05) is 0 Å². The van der Waals surface area contributed by atoms with Crippen LogP contribution < -0.4 is 5.32 Å². The fourth-order valence-electron chi connectivity index (χ4n) is 3.48. The average Bonchev–Trinajstić information content (AvgIpc) is 3.13. The molecule has 2 fully saturated rings. The zero-order chi connectivity index (χ0) is 14.3. The van der Waals surface area contributed by atoms with E-state index in [0.717, 1.165) is 43.5 Å². The summed E-state index contributed by atoms with van der Waals surface area (Å²) in [6, 6.07) is 2.66. The third-order valence-electron chi connectivity index (χ3n) is 4.58. The number of hydrogen-bond acceptors (Lipinski definition) is 3. The van der Waals surface area contributed by atoms with Crippen molar-refractivity contribution in [2.45, 2.75) is 70.0 Å². The summed E-state index contributed by atoms with van der Waals surface area (Å²) in [5, 5.41) is 17.7. The Morgan fingerprint density at radius 3 is 2.75 bits per heavy atom. The highest BCUT2D eigenvalue weighted by atomic mass is 16.4. The van der Waals surface area contributed by atoms with Crippen LogP contribution in [0.5, 0.6) is 0 Å². The van der Waals surface area contributed by atoms with Gasteiger partial charge in [0, 0.05) is 11.7 Å². The van der Waals surface area contributed by atoms with E-state index in [1.807, 2.05) is 18.5 Å². The van der Waals surface area contributed by atoms with Crippen molar-refractivity contribution in [1.82, 2.24) is 15.1 Å². The van der Waals surface area contributed by atoms with Crippen LogP contribution in [0, 0.1) is 13.8 Å². The molecule has 2 aliphatic carbocycles. The number of carboxylic acids is 1. The van der Waals surface area contributed by atoms with Gasteiger partial charge in [-0.05, 0) is 58.4 Å². The maximum atomic E-state index is 11.8. The number of hydrogen-bond donors (Lipinski definition) is 2. The minimum Gasteiger partial charge on any atom is -0.480 e. The van der Waals surface area contributed by atoms with E-state index in [0.29, 0.717) is 12.5 Å². The number of aromatic nitrogens is 2. The van der Waals surface area contributed by atoms with Gasteiger partial charge >= 0.3 is 5.97 Å². The van der Waals surface area contributed by atoms with Crippen molar-refractivity contribution in [3.8, 4) is 0 Å². The van der Waals surface area contributed by atoms with E-state index in [-0.39, 0.29) is 6.04 Å². The van der Waals surface area contributed by atoms with E-state index in [1.54, 1.807) is 0 Å². The molecule has 0 saturated heterocycles. The Bertz CT molecular complexity index is 521. The molecule has 1 aromatic rings. The zero-order valence-electron chi connectivity index (χ0n) is 12.2. The Morgan fingerprint density at radius 2 is 2.20 bits per heavy atom. The molecule has 2 saturated carbocycles. The third kappa shape index (κ3) is 2.46. The normalized spacial score (nSPS) is 30.4. The van der Waals surface area contributed by atoms with Gasteiger partial charge in [-0.3, -0.25) is 14.8 Å². The van der Waals surface area contributed by atoms with E-state index < -0.39 is 11.5 Å². The second-order valence-corrected chi connectivity index (χ2v) is 6.43. The Balaban J connectivity index is 1.83. The monoisotopic (exact) mass is 277 g/mol. The van der Waals surface area contributed by atoms with E-state index in [1.165, 1.54) is 0 Å². The van der Waals surface area contributed by atoms with Crippen molar-refractivity contribution in [3.63, 3.8) is 0 Å². The first-order valence-electron chi connectivity index (χ1n) is 7.54. The van der Waals surface area contributed by atoms with Crippen molar-refractivity contribution in [2.24, 2.45) is 0 Å². The maximum Gasteiger partial charge on any atom is 0.323 e. The van der Waals surface area contributed by atoms with Gasteiger partial charge in [-0.15, -0.1) is 0 Å². The van der Waals surface area contributed by atoms with Crippen LogP contribution in [-0.4, -0.2) is 32.4 Å². The number of aryl methyl sites for hydroxylation is 2. The lowest BCUT2D eigenvalue weighted by atomic mass is 9.78. The molecule has 20 heavy (non-hydrogen) atoms. The van der Waals surface area contributed by atoms with Crippen molar-refractivity contribution in [1.29, 1.82) is 0 Å². The number of nitrogens with one attached hydrogen (secondary N) is 1. The van der Waals surface area contributed by atoms with Gasteiger partial charge in [0.25, 0.3) is 0 Å². The van der Waals surface area contributed by atoms with Crippen LogP contribution in [-0.2, 0) is 4.79 Å². The van der Waals surface area contributed by atoms with E-state index in [2.05, 4.69) is 16.5 Å². The van der Waals surface area contributed by atoms with Gasteiger partial charge in [0.2, 0.25) is 0 Å². The smallest absolute Gasteiger partial charge is 0.323 e. The zero-order valence-corrected chi connectivity index (χ0v) is 12.2. The molecule has 2 N–H and O–H groups in total. The van der Waals surface area contributed by atoms with Crippen LogP contribution in [0.25, 0.3) is 0 Å². The van der Waals surface area contributed by atoms with Gasteiger partial charge in [0.15, 0.2) is 0 Å². The lowest BCUT2D eigenvalue weighted by Gasteiger charge is -2.39. The number of rotatable bonds is 4. The van der Waals surface area contributed by atoms with Gasteiger partial charge in [-0.2, -0.15) is 5.10 Å². The molecule has 5 nitrogen and oxygen atoms in total. The minimum atomic E-state index is -0.754. The van der Waals surface area contributed by atoms with Gasteiger partial charge in [-0.25, -0.2) is 0 Å². The summed E-state index contributed by atoms with van der Waals surface area (Å²) in [6.07, 6.45) is 5.55. The number of nitrogens with zero attached hydrogens (tertiary/aromatic N) is 2. The summed E-state index contributed by atoms with van der Waals surface area (Å²) < 4.78 is 2.03. The molecule has 0 aliphatic heterocycles. The van der Waals surface area contributed by atoms with Crippen LogP contribution >= 0.6 is 0 Å². The highest BCUT2D eigenvalue weighted by Crippen LogP contribution is 2.38. The van der Waals surface area contributed by atoms with Crippen molar-refractivity contribution < 1.29 is 9.90 Å². The molecular weight excluding hydrogens is 254 g/mol. The fourth-order valence-corrected chi connectivity index (χ4v) is 3.48. The first kappa shape index (κ1) is 13.6. The number of carbonyl (C=O) groups is 1. The molecule has 1 aromatic heterocycles. The molecule has 0 aromatic carbocycles. The molecule has 0 spiro atoms. The fraction of sp³-hybridized carbons (Fsp3) is 0.733. The summed E-state index contributed by atoms with van der Waals surface area (Å²) >= 11 is 0. The van der Waals surface area contributed by atoms with Crippen LogP contribution in [0.3, 0.4) is 0 Å². The summed E-state index contributed by atoms with van der Waals surface area (Å²) in [5.74, 6) is -0.698. The molecule has 0 bridgehead atoms. The summed E-state index contributed by atoms with van der Waals surface area (Å²) in [4.78, 5) is 11.8. The Labute approximate surface area is 119 Å². The molecule has 3 rings (SSSR count). The van der Waals surface area contributed by atoms with Gasteiger partial charge < -0.3 is 5.11 Å². The summed E-state index contributed by atoms with van der Waals surface area (Å²) in [7, 11) is 0. The summed E-state index contributed by atoms with van der Waals surface area (Å²) in [6.45, 7) is 4.03. The van der Waals surface area contributed by atoms with Crippen LogP contribution in [0.2, 0.25) is 0 Å². The molecule has 2 aliphatic rings. The van der Waals surface area contributed by atoms with Crippen LogP contribution in [0.4, 0.5) is 0 Å². The topological polar surface area (TPSA) is 67.2 Å². The quantitative estimate of drug-likeness (QED) is 0.885. The van der Waals surface area contributed by atoms with Crippen molar-refractivity contribution in [3.05, 3.63) is 17.5 Å². The molecular formula is C15H23N3O2. The summed E-state index contributed by atoms with van der Waals surface area (Å²) in [5.41, 5.74) is 1.38. The lowest BCUT2D eigenvalue weighted by molar-refractivity contribution is -0.147. The number of aliphatic carboxylic acids is 1.